The van der Waals surface area contributed by atoms with Gasteiger partial charge in [0.05, 0.1) is 18.0 Å². The van der Waals surface area contributed by atoms with Gasteiger partial charge in [-0.15, -0.1) is 0 Å². The fourth-order valence-corrected chi connectivity index (χ4v) is 3.16. The lowest BCUT2D eigenvalue weighted by molar-refractivity contribution is -0.134. The van der Waals surface area contributed by atoms with Crippen molar-refractivity contribution in [3.05, 3.63) is 82.7 Å². The number of ether oxygens (including phenoxy) is 2. The van der Waals surface area contributed by atoms with Crippen LogP contribution in [0.25, 0.3) is 22.4 Å². The van der Waals surface area contributed by atoms with Gasteiger partial charge in [0.2, 0.25) is 5.89 Å². The number of benzene rings is 3. The minimum Gasteiger partial charge on any atom is -0.493 e. The number of amides is 1. The Balaban J connectivity index is 1.58. The summed E-state index contributed by atoms with van der Waals surface area (Å²) < 4.78 is 15.8. The Bertz CT molecular complexity index is 1410. The highest BCUT2D eigenvalue weighted by molar-refractivity contribution is 6.05. The van der Waals surface area contributed by atoms with Crippen molar-refractivity contribution in [2.45, 2.75) is 13.3 Å². The number of rotatable bonds is 6. The van der Waals surface area contributed by atoms with Crippen molar-refractivity contribution < 1.29 is 23.5 Å². The van der Waals surface area contributed by atoms with E-state index in [1.165, 1.54) is 25.3 Å². The predicted molar refractivity (Wildman–Crippen MR) is 123 cm³/mol. The highest BCUT2D eigenvalue weighted by Crippen LogP contribution is 2.29. The van der Waals surface area contributed by atoms with Gasteiger partial charge in [-0.25, -0.2) is 9.78 Å². The van der Waals surface area contributed by atoms with Crippen LogP contribution in [0, 0.1) is 0 Å². The summed E-state index contributed by atoms with van der Waals surface area (Å²) in [4.78, 5) is 41.0. The first-order valence-electron chi connectivity index (χ1n) is 10.2. The van der Waals surface area contributed by atoms with Crippen LogP contribution in [0.5, 0.6) is 11.5 Å². The molecular weight excluding hydrogens is 424 g/mol. The second-order valence-corrected chi connectivity index (χ2v) is 7.05. The average Bonchev–Trinajstić information content (AvgIpc) is 2.84. The van der Waals surface area contributed by atoms with Crippen LogP contribution in [0.4, 0.5) is 5.69 Å². The topological polar surface area (TPSA) is 108 Å². The SMILES string of the molecule is CCC(=O)Oc1ccc(C(=O)Nc2cccc(-c3nc4ccccc4c(=O)o3)c2)cc1OC. The Hall–Kier alpha value is -4.46. The number of anilines is 1. The molecule has 4 aromatic rings. The van der Waals surface area contributed by atoms with Crippen LogP contribution in [0.15, 0.2) is 75.9 Å². The molecule has 8 nitrogen and oxygen atoms in total. The fraction of sp³-hybridized carbons (Fsp3) is 0.120. The zero-order valence-electron chi connectivity index (χ0n) is 18.0. The van der Waals surface area contributed by atoms with E-state index in [-0.39, 0.29) is 23.8 Å². The Morgan fingerprint density at radius 2 is 1.82 bits per heavy atom. The zero-order valence-corrected chi connectivity index (χ0v) is 18.0. The summed E-state index contributed by atoms with van der Waals surface area (Å²) in [6, 6.07) is 18.3. The van der Waals surface area contributed by atoms with E-state index in [0.717, 1.165) is 0 Å². The van der Waals surface area contributed by atoms with Crippen molar-refractivity contribution in [2.24, 2.45) is 0 Å². The lowest BCUT2D eigenvalue weighted by atomic mass is 10.1. The van der Waals surface area contributed by atoms with E-state index in [1.807, 2.05) is 0 Å². The molecular formula is C25H20N2O6. The Labute approximate surface area is 188 Å². The monoisotopic (exact) mass is 444 g/mol. The van der Waals surface area contributed by atoms with Gasteiger partial charge in [0.1, 0.15) is 0 Å². The lowest BCUT2D eigenvalue weighted by Gasteiger charge is -2.11. The molecule has 33 heavy (non-hydrogen) atoms. The van der Waals surface area contributed by atoms with Crippen LogP contribution in [0.1, 0.15) is 23.7 Å². The summed E-state index contributed by atoms with van der Waals surface area (Å²) in [5.74, 6) is -0.151. The van der Waals surface area contributed by atoms with Crippen molar-refractivity contribution in [3.8, 4) is 23.0 Å². The number of esters is 1. The van der Waals surface area contributed by atoms with E-state index >= 15 is 0 Å². The molecule has 1 N–H and O–H groups in total. The average molecular weight is 444 g/mol. The Kier molecular flexibility index (Phi) is 6.17. The lowest BCUT2D eigenvalue weighted by Crippen LogP contribution is -2.13. The van der Waals surface area contributed by atoms with E-state index < -0.39 is 17.5 Å². The maximum absolute atomic E-state index is 12.8. The summed E-state index contributed by atoms with van der Waals surface area (Å²) >= 11 is 0. The number of hydrogen-bond acceptors (Lipinski definition) is 7. The molecule has 0 saturated heterocycles. The summed E-state index contributed by atoms with van der Waals surface area (Å²) in [6.45, 7) is 1.68. The highest BCUT2D eigenvalue weighted by Gasteiger charge is 2.15. The summed E-state index contributed by atoms with van der Waals surface area (Å²) in [5.41, 5.74) is 1.37. The standard InChI is InChI=1S/C25H20N2O6/c1-3-22(28)32-20-12-11-15(14-21(20)31-2)23(29)26-17-8-6-7-16(13-17)24-27-19-10-5-4-9-18(19)25(30)33-24/h4-14H,3H2,1-2H3,(H,26,29). The first-order valence-corrected chi connectivity index (χ1v) is 10.2. The van der Waals surface area contributed by atoms with Crippen molar-refractivity contribution in [3.63, 3.8) is 0 Å². The molecule has 0 aliphatic heterocycles. The molecule has 0 fully saturated rings. The van der Waals surface area contributed by atoms with Gasteiger partial charge in [-0.2, -0.15) is 0 Å². The molecule has 166 valence electrons. The second kappa shape index (κ2) is 9.35. The quantitative estimate of drug-likeness (QED) is 0.346. The molecule has 1 heterocycles. The van der Waals surface area contributed by atoms with E-state index in [4.69, 9.17) is 13.9 Å². The van der Waals surface area contributed by atoms with Crippen molar-refractivity contribution in [2.75, 3.05) is 12.4 Å². The number of nitrogens with one attached hydrogen (secondary N) is 1. The number of methoxy groups -OCH3 is 1. The number of carbonyl (C=O) groups excluding carboxylic acids is 2. The number of carbonyl (C=O) groups is 2. The first-order chi connectivity index (χ1) is 16.0. The highest BCUT2D eigenvalue weighted by atomic mass is 16.6. The molecule has 0 atom stereocenters. The maximum atomic E-state index is 12.8. The molecule has 1 amide bonds. The number of fused-ring (bicyclic) bond motifs is 1. The second-order valence-electron chi connectivity index (χ2n) is 7.05. The molecule has 0 saturated carbocycles. The third-order valence-corrected chi connectivity index (χ3v) is 4.84. The molecule has 0 aliphatic carbocycles. The van der Waals surface area contributed by atoms with Crippen LogP contribution in [0.2, 0.25) is 0 Å². The van der Waals surface area contributed by atoms with Gasteiger partial charge < -0.3 is 19.2 Å². The number of nitrogens with zero attached hydrogens (tertiary/aromatic N) is 1. The summed E-state index contributed by atoms with van der Waals surface area (Å²) in [6.07, 6.45) is 0.216. The smallest absolute Gasteiger partial charge is 0.347 e. The zero-order chi connectivity index (χ0) is 23.4. The maximum Gasteiger partial charge on any atom is 0.347 e. The number of hydrogen-bond donors (Lipinski definition) is 1. The molecule has 3 aromatic carbocycles. The third kappa shape index (κ3) is 4.74. The Morgan fingerprint density at radius 1 is 1.00 bits per heavy atom. The normalized spacial score (nSPS) is 10.6. The molecule has 0 aliphatic rings. The minimum absolute atomic E-state index is 0.151. The van der Waals surface area contributed by atoms with Gasteiger partial charge in [0.15, 0.2) is 11.5 Å². The molecule has 0 bridgehead atoms. The Morgan fingerprint density at radius 3 is 2.61 bits per heavy atom. The van der Waals surface area contributed by atoms with E-state index in [1.54, 1.807) is 55.5 Å². The van der Waals surface area contributed by atoms with Crippen LogP contribution in [0.3, 0.4) is 0 Å². The largest absolute Gasteiger partial charge is 0.493 e. The van der Waals surface area contributed by atoms with E-state index in [0.29, 0.717) is 27.7 Å². The molecule has 1 aromatic heterocycles. The van der Waals surface area contributed by atoms with Crippen LogP contribution < -0.4 is 20.4 Å². The van der Waals surface area contributed by atoms with Gasteiger partial charge in [-0.1, -0.05) is 25.1 Å². The first kappa shape index (κ1) is 21.8. The summed E-state index contributed by atoms with van der Waals surface area (Å²) in [5, 5.41) is 3.19. The number of para-hydroxylation sites is 1. The van der Waals surface area contributed by atoms with Crippen molar-refractivity contribution in [1.82, 2.24) is 4.98 Å². The van der Waals surface area contributed by atoms with Crippen molar-refractivity contribution in [1.29, 1.82) is 0 Å². The van der Waals surface area contributed by atoms with Gasteiger partial charge in [0, 0.05) is 23.2 Å². The van der Waals surface area contributed by atoms with Gasteiger partial charge in [-0.05, 0) is 48.5 Å². The van der Waals surface area contributed by atoms with Gasteiger partial charge in [-0.3, -0.25) is 9.59 Å². The van der Waals surface area contributed by atoms with Crippen LogP contribution in [-0.4, -0.2) is 24.0 Å². The van der Waals surface area contributed by atoms with E-state index in [2.05, 4.69) is 10.3 Å². The molecule has 8 heteroatoms. The molecule has 0 unspecified atom stereocenters. The van der Waals surface area contributed by atoms with Gasteiger partial charge in [0.25, 0.3) is 5.91 Å². The molecule has 0 spiro atoms. The minimum atomic E-state index is -0.485. The van der Waals surface area contributed by atoms with Gasteiger partial charge >= 0.3 is 11.6 Å². The van der Waals surface area contributed by atoms with Crippen molar-refractivity contribution >= 4 is 28.5 Å². The third-order valence-electron chi connectivity index (χ3n) is 4.84. The van der Waals surface area contributed by atoms with Crippen LogP contribution in [-0.2, 0) is 4.79 Å². The molecule has 0 radical (unpaired) electrons. The predicted octanol–water partition coefficient (Wildman–Crippen LogP) is 4.43. The van der Waals surface area contributed by atoms with E-state index in [9.17, 15) is 14.4 Å². The van der Waals surface area contributed by atoms with Crippen LogP contribution >= 0.6 is 0 Å². The fourth-order valence-electron chi connectivity index (χ4n) is 3.16. The molecule has 4 rings (SSSR count). The summed E-state index contributed by atoms with van der Waals surface area (Å²) in [7, 11) is 1.42. The number of aromatic nitrogens is 1.